The zero-order chi connectivity index (χ0) is 10.4. The molecule has 14 heavy (non-hydrogen) atoms. The Morgan fingerprint density at radius 2 is 1.57 bits per heavy atom. The molecule has 0 radical (unpaired) electrons. The molecule has 1 aliphatic rings. The molecule has 5 heteroatoms. The summed E-state index contributed by atoms with van der Waals surface area (Å²) in [4.78, 5) is 0. The number of halogens is 1. The summed E-state index contributed by atoms with van der Waals surface area (Å²) >= 11 is 5.33. The average molecular weight is 240 g/mol. The van der Waals surface area contributed by atoms with Crippen LogP contribution in [0.4, 0.5) is 0 Å². The van der Waals surface area contributed by atoms with Gasteiger partial charge in [-0.25, -0.2) is 13.1 Å². The highest BCUT2D eigenvalue weighted by Gasteiger charge is 2.17. The topological polar surface area (TPSA) is 46.2 Å². The molecule has 0 saturated heterocycles. The third-order valence-corrected chi connectivity index (χ3v) is 4.44. The summed E-state index contributed by atoms with van der Waals surface area (Å²) in [5.74, 6) is 0. The van der Waals surface area contributed by atoms with Gasteiger partial charge in [0, 0.05) is 6.04 Å². The second kappa shape index (κ2) is 5.93. The van der Waals surface area contributed by atoms with E-state index in [0.717, 1.165) is 25.7 Å². The fourth-order valence-electron chi connectivity index (χ4n) is 1.86. The van der Waals surface area contributed by atoms with Crippen LogP contribution >= 0.6 is 11.6 Å². The van der Waals surface area contributed by atoms with E-state index in [1.165, 1.54) is 19.3 Å². The quantitative estimate of drug-likeness (QED) is 0.768. The maximum atomic E-state index is 11.2. The molecule has 0 amide bonds. The minimum Gasteiger partial charge on any atom is -0.211 e. The van der Waals surface area contributed by atoms with Crippen molar-refractivity contribution >= 4 is 21.6 Å². The Labute approximate surface area is 91.3 Å². The van der Waals surface area contributed by atoms with E-state index >= 15 is 0 Å². The van der Waals surface area contributed by atoms with Crippen LogP contribution in [0.15, 0.2) is 0 Å². The van der Waals surface area contributed by atoms with Gasteiger partial charge in [0.2, 0.25) is 10.0 Å². The van der Waals surface area contributed by atoms with Crippen molar-refractivity contribution in [2.24, 2.45) is 0 Å². The van der Waals surface area contributed by atoms with Crippen molar-refractivity contribution in [1.29, 1.82) is 0 Å². The first-order valence-corrected chi connectivity index (χ1v) is 7.39. The summed E-state index contributed by atoms with van der Waals surface area (Å²) in [6.07, 6.45) is 7.88. The van der Waals surface area contributed by atoms with E-state index in [2.05, 4.69) is 4.72 Å². The summed E-state index contributed by atoms with van der Waals surface area (Å²) in [5, 5.41) is -0.330. The first-order valence-electron chi connectivity index (χ1n) is 5.20. The molecule has 84 valence electrons. The van der Waals surface area contributed by atoms with Crippen LogP contribution in [0.3, 0.4) is 0 Å². The minimum absolute atomic E-state index is 0.110. The van der Waals surface area contributed by atoms with Gasteiger partial charge in [-0.1, -0.05) is 32.1 Å². The van der Waals surface area contributed by atoms with Crippen LogP contribution in [-0.4, -0.2) is 19.7 Å². The first kappa shape index (κ1) is 12.3. The molecule has 0 atom stereocenters. The van der Waals surface area contributed by atoms with Crippen LogP contribution in [-0.2, 0) is 10.0 Å². The predicted molar refractivity (Wildman–Crippen MR) is 58.9 cm³/mol. The second-order valence-electron chi connectivity index (χ2n) is 3.88. The van der Waals surface area contributed by atoms with E-state index in [0.29, 0.717) is 0 Å². The smallest absolute Gasteiger partial charge is 0.211 e. The predicted octanol–water partition coefficient (Wildman–Crippen LogP) is 2.21. The molecule has 3 nitrogen and oxygen atoms in total. The lowest BCUT2D eigenvalue weighted by molar-refractivity contribution is 0.427. The van der Waals surface area contributed by atoms with Crippen LogP contribution in [0.2, 0.25) is 0 Å². The highest BCUT2D eigenvalue weighted by atomic mass is 35.5. The molecule has 0 unspecified atom stereocenters. The monoisotopic (exact) mass is 239 g/mol. The first-order chi connectivity index (χ1) is 6.64. The Morgan fingerprint density at radius 3 is 2.07 bits per heavy atom. The molecule has 0 aromatic carbocycles. The van der Waals surface area contributed by atoms with Gasteiger partial charge in [-0.2, -0.15) is 0 Å². The van der Waals surface area contributed by atoms with Crippen LogP contribution < -0.4 is 4.72 Å². The van der Waals surface area contributed by atoms with Gasteiger partial charge >= 0.3 is 0 Å². The lowest BCUT2D eigenvalue weighted by Crippen LogP contribution is -2.35. The summed E-state index contributed by atoms with van der Waals surface area (Å²) in [6, 6.07) is 0.110. The summed E-state index contributed by atoms with van der Waals surface area (Å²) in [6.45, 7) is 0. The molecule has 1 fully saturated rings. The number of alkyl halides is 1. The van der Waals surface area contributed by atoms with Gasteiger partial charge in [0.1, 0.15) is 5.21 Å². The van der Waals surface area contributed by atoms with Crippen LogP contribution in [0.1, 0.15) is 44.9 Å². The van der Waals surface area contributed by atoms with E-state index in [-0.39, 0.29) is 11.3 Å². The maximum absolute atomic E-state index is 11.2. The Bertz CT molecular complexity index is 246. The lowest BCUT2D eigenvalue weighted by Gasteiger charge is -2.20. The lowest BCUT2D eigenvalue weighted by atomic mass is 9.97. The van der Waals surface area contributed by atoms with Gasteiger partial charge in [-0.15, -0.1) is 11.6 Å². The Kier molecular flexibility index (Phi) is 5.20. The molecule has 1 aliphatic carbocycles. The van der Waals surface area contributed by atoms with E-state index in [9.17, 15) is 8.42 Å². The van der Waals surface area contributed by atoms with E-state index in [4.69, 9.17) is 11.6 Å². The Morgan fingerprint density at radius 1 is 1.07 bits per heavy atom. The largest absolute Gasteiger partial charge is 0.225 e. The van der Waals surface area contributed by atoms with Crippen LogP contribution in [0.5, 0.6) is 0 Å². The van der Waals surface area contributed by atoms with Crippen molar-refractivity contribution in [3.8, 4) is 0 Å². The maximum Gasteiger partial charge on any atom is 0.225 e. The van der Waals surface area contributed by atoms with E-state index in [1.54, 1.807) is 0 Å². The summed E-state index contributed by atoms with van der Waals surface area (Å²) in [5.41, 5.74) is 0. The fourth-order valence-corrected chi connectivity index (χ4v) is 2.85. The third-order valence-electron chi connectivity index (χ3n) is 2.60. The minimum atomic E-state index is -3.23. The van der Waals surface area contributed by atoms with E-state index in [1.807, 2.05) is 0 Å². The number of nitrogens with one attached hydrogen (secondary N) is 1. The molecule has 0 aromatic rings. The van der Waals surface area contributed by atoms with Gasteiger partial charge < -0.3 is 0 Å². The summed E-state index contributed by atoms with van der Waals surface area (Å²) < 4.78 is 25.1. The van der Waals surface area contributed by atoms with Crippen LogP contribution in [0, 0.1) is 0 Å². The molecule has 0 spiro atoms. The summed E-state index contributed by atoms with van der Waals surface area (Å²) in [7, 11) is -3.23. The molecular weight excluding hydrogens is 222 g/mol. The normalized spacial score (nSPS) is 21.5. The second-order valence-corrected chi connectivity index (χ2v) is 6.22. The number of sulfonamides is 1. The van der Waals surface area contributed by atoms with Crippen molar-refractivity contribution in [3.05, 3.63) is 0 Å². The molecule has 0 aromatic heterocycles. The number of rotatable bonds is 3. The van der Waals surface area contributed by atoms with Gasteiger partial charge in [0.25, 0.3) is 0 Å². The molecular formula is C9H18ClNO2S. The van der Waals surface area contributed by atoms with Crippen LogP contribution in [0.25, 0.3) is 0 Å². The fraction of sp³-hybridized carbons (Fsp3) is 1.00. The van der Waals surface area contributed by atoms with Crippen molar-refractivity contribution < 1.29 is 8.42 Å². The third kappa shape index (κ3) is 4.62. The van der Waals surface area contributed by atoms with E-state index < -0.39 is 10.0 Å². The highest BCUT2D eigenvalue weighted by molar-refractivity contribution is 7.90. The van der Waals surface area contributed by atoms with Gasteiger partial charge in [-0.3, -0.25) is 0 Å². The van der Waals surface area contributed by atoms with Crippen molar-refractivity contribution in [2.75, 3.05) is 5.21 Å². The molecule has 1 N–H and O–H groups in total. The van der Waals surface area contributed by atoms with Crippen molar-refractivity contribution in [1.82, 2.24) is 4.72 Å². The number of hydrogen-bond donors (Lipinski definition) is 1. The molecule has 0 aliphatic heterocycles. The van der Waals surface area contributed by atoms with Gasteiger partial charge in [0.05, 0.1) is 0 Å². The standard InChI is InChI=1S/C9H18ClNO2S/c10-8-14(12,13)11-9-6-4-2-1-3-5-7-9/h9,11H,1-8H2. The van der Waals surface area contributed by atoms with Crippen molar-refractivity contribution in [2.45, 2.75) is 51.0 Å². The zero-order valence-corrected chi connectivity index (χ0v) is 9.91. The number of hydrogen-bond acceptors (Lipinski definition) is 2. The SMILES string of the molecule is O=S(=O)(CCl)NC1CCCCCCC1. The average Bonchev–Trinajstić information content (AvgIpc) is 2.10. The highest BCUT2D eigenvalue weighted by Crippen LogP contribution is 2.17. The van der Waals surface area contributed by atoms with Gasteiger partial charge in [0.15, 0.2) is 0 Å². The molecule has 0 bridgehead atoms. The van der Waals surface area contributed by atoms with Gasteiger partial charge in [-0.05, 0) is 12.8 Å². The molecule has 1 rings (SSSR count). The Balaban J connectivity index is 2.41. The molecule has 1 saturated carbocycles. The zero-order valence-electron chi connectivity index (χ0n) is 8.34. The Hall–Kier alpha value is 0.200. The molecule has 0 heterocycles. The van der Waals surface area contributed by atoms with Crippen molar-refractivity contribution in [3.63, 3.8) is 0 Å².